The molecule has 1 saturated heterocycles. The SMILES string of the molecule is CCCC/C=C\CCCCCCCC(=O)NC(COC1OC(CO)C(O)C(O)C1O)C(O)CCCCCCCCCCCCCCCCCCCCCCCCCCCCCCCCCCC. The van der Waals surface area contributed by atoms with E-state index in [2.05, 4.69) is 31.3 Å². The molecule has 1 fully saturated rings. The van der Waals surface area contributed by atoms with Crippen LogP contribution in [0.2, 0.25) is 0 Å². The van der Waals surface area contributed by atoms with E-state index in [0.717, 1.165) is 64.2 Å². The predicted octanol–water partition coefficient (Wildman–Crippen LogP) is 14.4. The average molecular weight is 953 g/mol. The molecule has 7 atom stereocenters. The van der Waals surface area contributed by atoms with E-state index in [1.807, 2.05) is 0 Å². The number of unbranched alkanes of at least 4 members (excludes halogenated alkanes) is 39. The number of carbonyl (C=O) groups is 1. The van der Waals surface area contributed by atoms with E-state index >= 15 is 0 Å². The second-order valence-corrected chi connectivity index (χ2v) is 20.8. The summed E-state index contributed by atoms with van der Waals surface area (Å²) in [6, 6.07) is -0.720. The van der Waals surface area contributed by atoms with Gasteiger partial charge in [-0.05, 0) is 32.1 Å². The first-order valence-corrected chi connectivity index (χ1v) is 29.4. The molecule has 1 heterocycles. The van der Waals surface area contributed by atoms with Crippen LogP contribution in [-0.2, 0) is 14.3 Å². The lowest BCUT2D eigenvalue weighted by Gasteiger charge is -2.40. The number of ether oxygens (including phenoxy) is 2. The molecule has 1 aliphatic rings. The van der Waals surface area contributed by atoms with Crippen LogP contribution in [0.4, 0.5) is 0 Å². The summed E-state index contributed by atoms with van der Waals surface area (Å²) in [4.78, 5) is 13.0. The highest BCUT2D eigenvalue weighted by atomic mass is 16.7. The largest absolute Gasteiger partial charge is 0.394 e. The van der Waals surface area contributed by atoms with Gasteiger partial charge in [-0.15, -0.1) is 0 Å². The molecule has 1 amide bonds. The van der Waals surface area contributed by atoms with Gasteiger partial charge in [-0.25, -0.2) is 0 Å². The summed E-state index contributed by atoms with van der Waals surface area (Å²) < 4.78 is 11.3. The minimum Gasteiger partial charge on any atom is -0.394 e. The monoisotopic (exact) mass is 952 g/mol. The van der Waals surface area contributed by atoms with Crippen LogP contribution in [0, 0.1) is 0 Å². The topological polar surface area (TPSA) is 149 Å². The highest BCUT2D eigenvalue weighted by Crippen LogP contribution is 2.23. The van der Waals surface area contributed by atoms with E-state index < -0.39 is 49.5 Å². The van der Waals surface area contributed by atoms with Crippen molar-refractivity contribution in [2.75, 3.05) is 13.2 Å². The van der Waals surface area contributed by atoms with Crippen molar-refractivity contribution in [2.24, 2.45) is 0 Å². The smallest absolute Gasteiger partial charge is 0.220 e. The molecule has 7 unspecified atom stereocenters. The minimum absolute atomic E-state index is 0.138. The Morgan fingerprint density at radius 3 is 1.25 bits per heavy atom. The van der Waals surface area contributed by atoms with Gasteiger partial charge in [-0.1, -0.05) is 270 Å². The van der Waals surface area contributed by atoms with Crippen molar-refractivity contribution in [1.82, 2.24) is 5.32 Å². The molecule has 0 aromatic heterocycles. The number of hydrogen-bond donors (Lipinski definition) is 6. The molecule has 1 rings (SSSR count). The van der Waals surface area contributed by atoms with E-state index in [1.54, 1.807) is 0 Å². The molecule has 67 heavy (non-hydrogen) atoms. The molecule has 9 heteroatoms. The normalized spacial score (nSPS) is 19.7. The zero-order chi connectivity index (χ0) is 48.7. The van der Waals surface area contributed by atoms with Gasteiger partial charge in [-0.2, -0.15) is 0 Å². The number of carbonyl (C=O) groups excluding carboxylic acids is 1. The van der Waals surface area contributed by atoms with Crippen LogP contribution in [-0.4, -0.2) is 87.5 Å². The molecule has 0 spiro atoms. The van der Waals surface area contributed by atoms with Crippen LogP contribution in [0.25, 0.3) is 0 Å². The number of rotatable bonds is 51. The number of hydrogen-bond acceptors (Lipinski definition) is 8. The van der Waals surface area contributed by atoms with Gasteiger partial charge < -0.3 is 40.3 Å². The summed E-state index contributed by atoms with van der Waals surface area (Å²) in [6.45, 7) is 3.82. The Bertz CT molecular complexity index is 1060. The third kappa shape index (κ3) is 38.3. The number of amides is 1. The quantitative estimate of drug-likeness (QED) is 0.0261. The zero-order valence-electron chi connectivity index (χ0n) is 44.2. The van der Waals surface area contributed by atoms with Crippen LogP contribution in [0.3, 0.4) is 0 Å². The molecule has 0 aromatic rings. The van der Waals surface area contributed by atoms with E-state index in [4.69, 9.17) is 9.47 Å². The number of allylic oxidation sites excluding steroid dienone is 2. The second-order valence-electron chi connectivity index (χ2n) is 20.8. The molecule has 6 N–H and O–H groups in total. The summed E-state index contributed by atoms with van der Waals surface area (Å²) in [7, 11) is 0. The lowest BCUT2D eigenvalue weighted by molar-refractivity contribution is -0.302. The van der Waals surface area contributed by atoms with Crippen molar-refractivity contribution in [2.45, 2.75) is 339 Å². The maximum atomic E-state index is 13.0. The van der Waals surface area contributed by atoms with Crippen LogP contribution in [0.15, 0.2) is 12.2 Å². The molecule has 9 nitrogen and oxygen atoms in total. The van der Waals surface area contributed by atoms with Gasteiger partial charge in [-0.3, -0.25) is 4.79 Å². The first kappa shape index (κ1) is 63.9. The molecule has 0 radical (unpaired) electrons. The maximum absolute atomic E-state index is 13.0. The maximum Gasteiger partial charge on any atom is 0.220 e. The van der Waals surface area contributed by atoms with E-state index in [-0.39, 0.29) is 12.5 Å². The summed E-state index contributed by atoms with van der Waals surface area (Å²) in [5.74, 6) is -0.151. The molecule has 0 saturated carbocycles. The standard InChI is InChI=1S/C58H113NO8/c1-3-5-7-9-11-13-15-16-17-18-19-20-21-22-23-24-25-26-27-28-29-30-31-32-33-34-35-36-38-39-41-43-45-47-52(61)51(50-66-58-57(65)56(64)55(63)53(49-60)67-58)59-54(62)48-46-44-42-40-37-14-12-10-8-6-4-2/h10,12,51-53,55-58,60-61,63-65H,3-9,11,13-50H2,1-2H3,(H,59,62)/b12-10-. The van der Waals surface area contributed by atoms with Crippen molar-refractivity contribution in [3.8, 4) is 0 Å². The molecular formula is C58H113NO8. The summed E-state index contributed by atoms with van der Waals surface area (Å²) in [6.07, 6.45) is 52.8. The average Bonchev–Trinajstić information content (AvgIpc) is 3.33. The fraction of sp³-hybridized carbons (Fsp3) is 0.948. The van der Waals surface area contributed by atoms with Crippen molar-refractivity contribution in [1.29, 1.82) is 0 Å². The van der Waals surface area contributed by atoms with Crippen LogP contribution in [0.1, 0.15) is 296 Å². The summed E-state index contributed by atoms with van der Waals surface area (Å²) >= 11 is 0. The van der Waals surface area contributed by atoms with Gasteiger partial charge in [0.05, 0.1) is 25.4 Å². The van der Waals surface area contributed by atoms with E-state index in [9.17, 15) is 30.3 Å². The lowest BCUT2D eigenvalue weighted by Crippen LogP contribution is -2.60. The Hall–Kier alpha value is -1.07. The molecule has 0 aliphatic carbocycles. The Morgan fingerprint density at radius 1 is 0.493 bits per heavy atom. The van der Waals surface area contributed by atoms with E-state index in [0.29, 0.717) is 12.8 Å². The van der Waals surface area contributed by atoms with Gasteiger partial charge >= 0.3 is 0 Å². The second kappa shape index (κ2) is 48.6. The highest BCUT2D eigenvalue weighted by Gasteiger charge is 2.44. The lowest BCUT2D eigenvalue weighted by atomic mass is 9.99. The molecular weight excluding hydrogens is 839 g/mol. The first-order valence-electron chi connectivity index (χ1n) is 29.4. The van der Waals surface area contributed by atoms with Crippen LogP contribution < -0.4 is 5.32 Å². The van der Waals surface area contributed by atoms with Crippen molar-refractivity contribution in [3.63, 3.8) is 0 Å². The van der Waals surface area contributed by atoms with Gasteiger partial charge in [0.25, 0.3) is 0 Å². The van der Waals surface area contributed by atoms with Crippen LogP contribution in [0.5, 0.6) is 0 Å². The van der Waals surface area contributed by atoms with Gasteiger partial charge in [0.15, 0.2) is 6.29 Å². The van der Waals surface area contributed by atoms with Crippen LogP contribution >= 0.6 is 0 Å². The van der Waals surface area contributed by atoms with Crippen molar-refractivity contribution >= 4 is 5.91 Å². The zero-order valence-corrected chi connectivity index (χ0v) is 44.2. The molecule has 1 aliphatic heterocycles. The Labute approximate surface area is 414 Å². The van der Waals surface area contributed by atoms with Gasteiger partial charge in [0.1, 0.15) is 24.4 Å². The third-order valence-corrected chi connectivity index (χ3v) is 14.4. The van der Waals surface area contributed by atoms with Gasteiger partial charge in [0.2, 0.25) is 5.91 Å². The van der Waals surface area contributed by atoms with Gasteiger partial charge in [0, 0.05) is 6.42 Å². The molecule has 0 aromatic carbocycles. The summed E-state index contributed by atoms with van der Waals surface area (Å²) in [5.41, 5.74) is 0. The third-order valence-electron chi connectivity index (χ3n) is 14.4. The highest BCUT2D eigenvalue weighted by molar-refractivity contribution is 5.76. The Kier molecular flexibility index (Phi) is 46.3. The van der Waals surface area contributed by atoms with Crippen molar-refractivity contribution < 1.29 is 39.8 Å². The molecule has 0 bridgehead atoms. The number of nitrogens with one attached hydrogen (secondary N) is 1. The first-order chi connectivity index (χ1) is 32.8. The summed E-state index contributed by atoms with van der Waals surface area (Å²) in [5, 5.41) is 54.5. The van der Waals surface area contributed by atoms with E-state index in [1.165, 1.54) is 205 Å². The Morgan fingerprint density at radius 2 is 0.851 bits per heavy atom. The van der Waals surface area contributed by atoms with Crippen molar-refractivity contribution in [3.05, 3.63) is 12.2 Å². The minimum atomic E-state index is -1.55. The number of aliphatic hydroxyl groups is 5. The predicted molar refractivity (Wildman–Crippen MR) is 281 cm³/mol. The number of aliphatic hydroxyl groups excluding tert-OH is 5. The fourth-order valence-corrected chi connectivity index (χ4v) is 9.68. The fourth-order valence-electron chi connectivity index (χ4n) is 9.68. The molecule has 398 valence electrons. The Balaban J connectivity index is 2.07.